The molecule has 1 aromatic heterocycles. The Morgan fingerprint density at radius 2 is 1.74 bits per heavy atom. The van der Waals surface area contributed by atoms with Gasteiger partial charge in [0.05, 0.1) is 30.8 Å². The highest BCUT2D eigenvalue weighted by Gasteiger charge is 2.42. The summed E-state index contributed by atoms with van der Waals surface area (Å²) in [6.45, 7) is 3.85. The van der Waals surface area contributed by atoms with Crippen LogP contribution in [0.2, 0.25) is 0 Å². The van der Waals surface area contributed by atoms with E-state index in [0.29, 0.717) is 74.0 Å². The number of aryl methyl sites for hydroxylation is 1. The van der Waals surface area contributed by atoms with E-state index in [4.69, 9.17) is 14.2 Å². The van der Waals surface area contributed by atoms with E-state index in [-0.39, 0.29) is 24.9 Å². The molecule has 2 heterocycles. The van der Waals surface area contributed by atoms with Crippen molar-refractivity contribution in [2.75, 3.05) is 40.0 Å². The third-order valence-electron chi connectivity index (χ3n) is 7.37. The zero-order valence-electron chi connectivity index (χ0n) is 22.1. The van der Waals surface area contributed by atoms with Crippen LogP contribution in [0.25, 0.3) is 10.9 Å². The molecule has 1 aliphatic rings. The number of piperidine rings is 1. The molecule has 2 aromatic carbocycles. The lowest BCUT2D eigenvalue weighted by Crippen LogP contribution is -2.46. The van der Waals surface area contributed by atoms with Gasteiger partial charge in [-0.1, -0.05) is 0 Å². The number of ether oxygens (including phenoxy) is 3. The van der Waals surface area contributed by atoms with Crippen LogP contribution in [0.4, 0.5) is 17.6 Å². The maximum absolute atomic E-state index is 14.8. The fourth-order valence-electron chi connectivity index (χ4n) is 5.14. The fraction of sp³-hybridized carbons (Fsp3) is 0.448. The molecule has 0 bridgehead atoms. The molecule has 0 amide bonds. The molecule has 0 radical (unpaired) electrons. The summed E-state index contributed by atoms with van der Waals surface area (Å²) in [5.74, 6) is -4.25. The maximum atomic E-state index is 14.8. The first-order chi connectivity index (χ1) is 18.8. The van der Waals surface area contributed by atoms with E-state index in [1.807, 2.05) is 0 Å². The number of fused-ring (bicyclic) bond motifs is 1. The summed E-state index contributed by atoms with van der Waals surface area (Å²) in [5, 5.41) is 0.690. The minimum absolute atomic E-state index is 0.0854. The van der Waals surface area contributed by atoms with Gasteiger partial charge in [0.1, 0.15) is 23.9 Å². The molecule has 4 rings (SSSR count). The number of rotatable bonds is 11. The lowest BCUT2D eigenvalue weighted by molar-refractivity contribution is -0.159. The van der Waals surface area contributed by atoms with Crippen LogP contribution in [0.15, 0.2) is 36.5 Å². The Balaban J connectivity index is 1.37. The molecule has 10 heteroatoms. The first-order valence-corrected chi connectivity index (χ1v) is 13.0. The summed E-state index contributed by atoms with van der Waals surface area (Å²) in [6.07, 6.45) is 3.88. The number of pyridine rings is 1. The van der Waals surface area contributed by atoms with Gasteiger partial charge in [0.25, 0.3) is 0 Å². The summed E-state index contributed by atoms with van der Waals surface area (Å²) in [7, 11) is 1.55. The molecule has 210 valence electrons. The molecule has 3 aromatic rings. The molecule has 39 heavy (non-hydrogen) atoms. The number of nitrogens with zero attached hydrogens (tertiary/aromatic N) is 2. The minimum Gasteiger partial charge on any atom is -0.497 e. The zero-order chi connectivity index (χ0) is 28.0. The normalized spacial score (nSPS) is 15.3. The Kier molecular flexibility index (Phi) is 9.27. The van der Waals surface area contributed by atoms with Crippen LogP contribution in [0.5, 0.6) is 11.5 Å². The quantitative estimate of drug-likeness (QED) is 0.170. The number of likely N-dealkylation sites (tertiary alicyclic amines) is 1. The zero-order valence-corrected chi connectivity index (χ0v) is 22.1. The van der Waals surface area contributed by atoms with Gasteiger partial charge in [-0.2, -0.15) is 0 Å². The average Bonchev–Trinajstić information content (AvgIpc) is 2.93. The van der Waals surface area contributed by atoms with E-state index in [9.17, 15) is 22.4 Å². The maximum Gasteiger partial charge on any atom is 0.312 e. The van der Waals surface area contributed by atoms with E-state index < -0.39 is 28.7 Å². The Hall–Kier alpha value is -3.40. The van der Waals surface area contributed by atoms with Crippen LogP contribution < -0.4 is 9.47 Å². The number of carbonyl (C=O) groups is 1. The molecule has 0 aliphatic carbocycles. The highest BCUT2D eigenvalue weighted by atomic mass is 19.2. The van der Waals surface area contributed by atoms with E-state index in [2.05, 4.69) is 9.88 Å². The molecule has 1 fully saturated rings. The number of methoxy groups -OCH3 is 1. The Morgan fingerprint density at radius 1 is 1.03 bits per heavy atom. The lowest BCUT2D eigenvalue weighted by atomic mass is 9.74. The number of carbonyl (C=O) groups excluding carboxylic acids is 1. The Labute approximate surface area is 224 Å². The number of hydrogen-bond acceptors (Lipinski definition) is 6. The summed E-state index contributed by atoms with van der Waals surface area (Å²) in [4.78, 5) is 19.3. The number of esters is 1. The first-order valence-electron chi connectivity index (χ1n) is 13.0. The van der Waals surface area contributed by atoms with Crippen LogP contribution in [0, 0.1) is 28.7 Å². The second-order valence-corrected chi connectivity index (χ2v) is 9.71. The predicted octanol–water partition coefficient (Wildman–Crippen LogP) is 5.85. The van der Waals surface area contributed by atoms with Crippen molar-refractivity contribution in [2.45, 2.75) is 39.0 Å². The van der Waals surface area contributed by atoms with Gasteiger partial charge in [-0.05, 0) is 75.9 Å². The van der Waals surface area contributed by atoms with Gasteiger partial charge in [-0.15, -0.1) is 0 Å². The van der Waals surface area contributed by atoms with Gasteiger partial charge < -0.3 is 14.2 Å². The first kappa shape index (κ1) is 28.6. The molecular weight excluding hydrogens is 516 g/mol. The monoisotopic (exact) mass is 548 g/mol. The van der Waals surface area contributed by atoms with Crippen LogP contribution in [-0.4, -0.2) is 55.8 Å². The van der Waals surface area contributed by atoms with E-state index in [0.717, 1.165) is 12.1 Å². The Morgan fingerprint density at radius 3 is 2.41 bits per heavy atom. The number of halogens is 4. The predicted molar refractivity (Wildman–Crippen MR) is 138 cm³/mol. The van der Waals surface area contributed by atoms with Crippen LogP contribution in [0.1, 0.15) is 38.2 Å². The van der Waals surface area contributed by atoms with Gasteiger partial charge in [-0.3, -0.25) is 14.7 Å². The molecule has 0 saturated carbocycles. The van der Waals surface area contributed by atoms with Gasteiger partial charge >= 0.3 is 5.97 Å². The molecule has 0 unspecified atom stereocenters. The highest BCUT2D eigenvalue weighted by molar-refractivity contribution is 5.83. The van der Waals surface area contributed by atoms with Crippen molar-refractivity contribution < 1.29 is 36.6 Å². The van der Waals surface area contributed by atoms with Crippen LogP contribution >= 0.6 is 0 Å². The Bertz CT molecular complexity index is 1290. The van der Waals surface area contributed by atoms with Crippen molar-refractivity contribution >= 4 is 16.9 Å². The number of benzene rings is 2. The largest absolute Gasteiger partial charge is 0.497 e. The minimum atomic E-state index is -1.53. The summed E-state index contributed by atoms with van der Waals surface area (Å²) in [6, 6.07) is 6.97. The molecule has 1 saturated heterocycles. The highest BCUT2D eigenvalue weighted by Crippen LogP contribution is 2.38. The molecule has 1 aliphatic heterocycles. The third-order valence-corrected chi connectivity index (χ3v) is 7.37. The van der Waals surface area contributed by atoms with Gasteiger partial charge in [0, 0.05) is 24.1 Å². The second kappa shape index (κ2) is 12.6. The van der Waals surface area contributed by atoms with E-state index >= 15 is 0 Å². The molecule has 0 spiro atoms. The molecular formula is C29H32F4N2O4. The topological polar surface area (TPSA) is 60.9 Å². The summed E-state index contributed by atoms with van der Waals surface area (Å²) in [5.41, 5.74) is 0.531. The molecule has 0 N–H and O–H groups in total. The van der Waals surface area contributed by atoms with E-state index in [1.54, 1.807) is 32.2 Å². The fourth-order valence-corrected chi connectivity index (χ4v) is 5.14. The van der Waals surface area contributed by atoms with Gasteiger partial charge in [-0.25, -0.2) is 17.6 Å². The van der Waals surface area contributed by atoms with Crippen molar-refractivity contribution in [3.8, 4) is 11.5 Å². The molecule has 6 nitrogen and oxygen atoms in total. The third kappa shape index (κ3) is 6.61. The smallest absolute Gasteiger partial charge is 0.312 e. The van der Waals surface area contributed by atoms with Crippen LogP contribution in [-0.2, 0) is 16.0 Å². The van der Waals surface area contributed by atoms with Crippen LogP contribution in [0.3, 0.4) is 0 Å². The number of hydrogen-bond donors (Lipinski definition) is 0. The second-order valence-electron chi connectivity index (χ2n) is 9.71. The van der Waals surface area contributed by atoms with Crippen molar-refractivity contribution in [3.63, 3.8) is 0 Å². The lowest BCUT2D eigenvalue weighted by Gasteiger charge is -2.40. The number of aromatic nitrogens is 1. The van der Waals surface area contributed by atoms with E-state index in [1.165, 1.54) is 6.20 Å². The van der Waals surface area contributed by atoms with Crippen molar-refractivity contribution in [2.24, 2.45) is 5.41 Å². The standard InChI is InChI=1S/C29H32F4N2O4/c1-3-38-28(36)29(8-4-5-21-22-15-19(37-2)6-7-26(22)34-18-25(21)32)9-11-35(12-10-29)13-14-39-20-16-23(30)27(33)24(31)17-20/h6-7,15-18H,3-5,8-14H2,1-2H3. The molecule has 0 atom stereocenters. The van der Waals surface area contributed by atoms with Crippen molar-refractivity contribution in [3.05, 3.63) is 65.4 Å². The summed E-state index contributed by atoms with van der Waals surface area (Å²) < 4.78 is 70.9. The van der Waals surface area contributed by atoms with Crippen molar-refractivity contribution in [1.29, 1.82) is 0 Å². The van der Waals surface area contributed by atoms with Crippen molar-refractivity contribution in [1.82, 2.24) is 9.88 Å². The SMILES string of the molecule is CCOC(=O)C1(CCCc2c(F)cnc3ccc(OC)cc23)CCN(CCOc2cc(F)c(F)c(F)c2)CC1. The average molecular weight is 549 g/mol. The van der Waals surface area contributed by atoms with Gasteiger partial charge in [0.2, 0.25) is 0 Å². The van der Waals surface area contributed by atoms with Gasteiger partial charge in [0.15, 0.2) is 17.5 Å². The summed E-state index contributed by atoms with van der Waals surface area (Å²) >= 11 is 0.